The van der Waals surface area contributed by atoms with Gasteiger partial charge < -0.3 is 14.8 Å². The number of nitrogens with one attached hydrogen (secondary N) is 1. The van der Waals surface area contributed by atoms with Gasteiger partial charge in [0, 0.05) is 12.1 Å². The van der Waals surface area contributed by atoms with Crippen LogP contribution in [0.2, 0.25) is 0 Å². The monoisotopic (exact) mass is 251 g/mol. The van der Waals surface area contributed by atoms with Crippen LogP contribution >= 0.6 is 0 Å². The molecule has 1 aromatic carbocycles. The molecule has 1 rings (SSSR count). The van der Waals surface area contributed by atoms with Crippen molar-refractivity contribution in [3.05, 3.63) is 22.8 Å². The normalized spacial score (nSPS) is 10.3. The Morgan fingerprint density at radius 2 is 1.89 bits per heavy atom. The van der Waals surface area contributed by atoms with E-state index in [1.807, 2.05) is 19.9 Å². The minimum absolute atomic E-state index is 0.116. The lowest BCUT2D eigenvalue weighted by Gasteiger charge is -2.17. The van der Waals surface area contributed by atoms with Crippen molar-refractivity contribution in [3.8, 4) is 11.5 Å². The van der Waals surface area contributed by atoms with Crippen LogP contribution in [-0.2, 0) is 11.3 Å². The van der Waals surface area contributed by atoms with Crippen LogP contribution in [0, 0.1) is 13.8 Å². The van der Waals surface area contributed by atoms with Gasteiger partial charge in [0.25, 0.3) is 0 Å². The molecule has 0 amide bonds. The predicted octanol–water partition coefficient (Wildman–Crippen LogP) is 2.00. The molecule has 0 atom stereocenters. The van der Waals surface area contributed by atoms with Crippen molar-refractivity contribution in [1.82, 2.24) is 5.32 Å². The molecule has 0 saturated carbocycles. The summed E-state index contributed by atoms with van der Waals surface area (Å²) in [5.41, 5.74) is 3.14. The SMILES string of the molecule is COc1cc(CNCC(C)=O)c(OC)c(C)c1C. The highest BCUT2D eigenvalue weighted by Gasteiger charge is 2.13. The first kappa shape index (κ1) is 14.5. The van der Waals surface area contributed by atoms with Gasteiger partial charge in [0.05, 0.1) is 20.8 Å². The second-order valence-corrected chi connectivity index (χ2v) is 4.33. The van der Waals surface area contributed by atoms with E-state index in [9.17, 15) is 4.79 Å². The predicted molar refractivity (Wildman–Crippen MR) is 71.4 cm³/mol. The lowest BCUT2D eigenvalue weighted by atomic mass is 10.0. The highest BCUT2D eigenvalue weighted by atomic mass is 16.5. The third kappa shape index (κ3) is 3.23. The van der Waals surface area contributed by atoms with Crippen LogP contribution in [0.1, 0.15) is 23.6 Å². The zero-order chi connectivity index (χ0) is 13.7. The Labute approximate surface area is 108 Å². The van der Waals surface area contributed by atoms with Gasteiger partial charge in [-0.2, -0.15) is 0 Å². The third-order valence-corrected chi connectivity index (χ3v) is 2.98. The van der Waals surface area contributed by atoms with Crippen molar-refractivity contribution in [2.24, 2.45) is 0 Å². The maximum atomic E-state index is 10.9. The second-order valence-electron chi connectivity index (χ2n) is 4.33. The van der Waals surface area contributed by atoms with Crippen molar-refractivity contribution in [2.45, 2.75) is 27.3 Å². The average Bonchev–Trinajstić information content (AvgIpc) is 2.33. The molecular weight excluding hydrogens is 230 g/mol. The number of Topliss-reactive ketones (excluding diaryl/α,β-unsaturated/α-hetero) is 1. The van der Waals surface area contributed by atoms with Crippen LogP contribution in [0.15, 0.2) is 6.07 Å². The molecule has 0 fully saturated rings. The van der Waals surface area contributed by atoms with E-state index in [1.54, 1.807) is 21.1 Å². The van der Waals surface area contributed by atoms with Gasteiger partial charge in [0.2, 0.25) is 0 Å². The molecule has 0 aliphatic carbocycles. The molecule has 0 aliphatic heterocycles. The summed E-state index contributed by atoms with van der Waals surface area (Å²) in [6, 6.07) is 1.95. The number of benzene rings is 1. The number of rotatable bonds is 6. The summed E-state index contributed by atoms with van der Waals surface area (Å²) in [6.07, 6.45) is 0. The van der Waals surface area contributed by atoms with Crippen LogP contribution in [0.4, 0.5) is 0 Å². The fourth-order valence-corrected chi connectivity index (χ4v) is 1.93. The lowest BCUT2D eigenvalue weighted by molar-refractivity contribution is -0.116. The number of carbonyl (C=O) groups is 1. The Morgan fingerprint density at radius 1 is 1.22 bits per heavy atom. The second kappa shape index (κ2) is 6.40. The summed E-state index contributed by atoms with van der Waals surface area (Å²) in [6.45, 7) is 6.51. The molecule has 0 spiro atoms. The van der Waals surface area contributed by atoms with Crippen molar-refractivity contribution >= 4 is 5.78 Å². The molecule has 0 bridgehead atoms. The molecule has 0 saturated heterocycles. The largest absolute Gasteiger partial charge is 0.496 e. The summed E-state index contributed by atoms with van der Waals surface area (Å²) >= 11 is 0. The quantitative estimate of drug-likeness (QED) is 0.840. The van der Waals surface area contributed by atoms with Crippen molar-refractivity contribution in [1.29, 1.82) is 0 Å². The number of methoxy groups -OCH3 is 2. The van der Waals surface area contributed by atoms with E-state index in [-0.39, 0.29) is 5.78 Å². The minimum Gasteiger partial charge on any atom is -0.496 e. The van der Waals surface area contributed by atoms with Gasteiger partial charge >= 0.3 is 0 Å². The fourth-order valence-electron chi connectivity index (χ4n) is 1.93. The topological polar surface area (TPSA) is 47.6 Å². The Kier molecular flexibility index (Phi) is 5.16. The Hall–Kier alpha value is -1.55. The zero-order valence-electron chi connectivity index (χ0n) is 11.7. The van der Waals surface area contributed by atoms with Crippen LogP contribution in [0.3, 0.4) is 0 Å². The summed E-state index contributed by atoms with van der Waals surface area (Å²) in [5.74, 6) is 1.81. The van der Waals surface area contributed by atoms with Gasteiger partial charge in [0.1, 0.15) is 17.3 Å². The number of carbonyl (C=O) groups excluding carboxylic acids is 1. The minimum atomic E-state index is 0.116. The molecule has 100 valence electrons. The highest BCUT2D eigenvalue weighted by molar-refractivity contribution is 5.77. The van der Waals surface area contributed by atoms with Crippen molar-refractivity contribution in [3.63, 3.8) is 0 Å². The third-order valence-electron chi connectivity index (χ3n) is 2.98. The first-order valence-electron chi connectivity index (χ1n) is 5.92. The van der Waals surface area contributed by atoms with Crippen LogP contribution < -0.4 is 14.8 Å². The van der Waals surface area contributed by atoms with E-state index in [0.717, 1.165) is 28.2 Å². The first-order chi connectivity index (χ1) is 8.51. The fraction of sp³-hybridized carbons (Fsp3) is 0.500. The van der Waals surface area contributed by atoms with Crippen molar-refractivity contribution < 1.29 is 14.3 Å². The molecule has 0 aliphatic rings. The van der Waals surface area contributed by atoms with Gasteiger partial charge in [-0.25, -0.2) is 0 Å². The van der Waals surface area contributed by atoms with Crippen LogP contribution in [0.25, 0.3) is 0 Å². The van der Waals surface area contributed by atoms with E-state index >= 15 is 0 Å². The maximum absolute atomic E-state index is 10.9. The first-order valence-corrected chi connectivity index (χ1v) is 5.92. The number of hydrogen-bond acceptors (Lipinski definition) is 4. The maximum Gasteiger partial charge on any atom is 0.143 e. The number of ether oxygens (including phenoxy) is 2. The smallest absolute Gasteiger partial charge is 0.143 e. The molecular formula is C14H21NO3. The molecule has 1 N–H and O–H groups in total. The van der Waals surface area contributed by atoms with Crippen LogP contribution in [-0.4, -0.2) is 26.5 Å². The molecule has 0 unspecified atom stereocenters. The average molecular weight is 251 g/mol. The van der Waals surface area contributed by atoms with E-state index in [1.165, 1.54) is 0 Å². The molecule has 4 heteroatoms. The Balaban J connectivity index is 3.01. The standard InChI is InChI=1S/C14H21NO3/c1-9(16)7-15-8-12-6-13(17-4)10(2)11(3)14(12)18-5/h6,15H,7-8H2,1-5H3. The molecule has 0 heterocycles. The van der Waals surface area contributed by atoms with Gasteiger partial charge in [0.15, 0.2) is 0 Å². The summed E-state index contributed by atoms with van der Waals surface area (Å²) in [7, 11) is 3.31. The highest BCUT2D eigenvalue weighted by Crippen LogP contribution is 2.33. The Bertz CT molecular complexity index is 441. The van der Waals surface area contributed by atoms with Crippen molar-refractivity contribution in [2.75, 3.05) is 20.8 Å². The van der Waals surface area contributed by atoms with E-state index in [2.05, 4.69) is 5.32 Å². The summed E-state index contributed by atoms with van der Waals surface area (Å²) in [4.78, 5) is 10.9. The van der Waals surface area contributed by atoms with Gasteiger partial charge in [-0.15, -0.1) is 0 Å². The molecule has 0 radical (unpaired) electrons. The van der Waals surface area contributed by atoms with E-state index in [4.69, 9.17) is 9.47 Å². The molecule has 18 heavy (non-hydrogen) atoms. The molecule has 4 nitrogen and oxygen atoms in total. The summed E-state index contributed by atoms with van der Waals surface area (Å²) in [5, 5.41) is 3.09. The van der Waals surface area contributed by atoms with Gasteiger partial charge in [-0.05, 0) is 38.0 Å². The molecule has 0 aromatic heterocycles. The molecule has 1 aromatic rings. The van der Waals surface area contributed by atoms with Gasteiger partial charge in [-0.3, -0.25) is 4.79 Å². The van der Waals surface area contributed by atoms with E-state index < -0.39 is 0 Å². The number of hydrogen-bond donors (Lipinski definition) is 1. The van der Waals surface area contributed by atoms with Gasteiger partial charge in [-0.1, -0.05) is 0 Å². The van der Waals surface area contributed by atoms with Crippen LogP contribution in [0.5, 0.6) is 11.5 Å². The number of ketones is 1. The van der Waals surface area contributed by atoms with E-state index in [0.29, 0.717) is 13.1 Å². The summed E-state index contributed by atoms with van der Waals surface area (Å²) < 4.78 is 10.8. The lowest BCUT2D eigenvalue weighted by Crippen LogP contribution is -2.21. The zero-order valence-corrected chi connectivity index (χ0v) is 11.7. The Morgan fingerprint density at radius 3 is 2.39 bits per heavy atom.